The first kappa shape index (κ1) is 10.4. The molecule has 0 N–H and O–H groups in total. The van der Waals surface area contributed by atoms with Gasteiger partial charge in [-0.05, 0) is 6.07 Å². The second-order valence-corrected chi connectivity index (χ2v) is 2.56. The fraction of sp³-hybridized carbons (Fsp3) is 0.333. The van der Waals surface area contributed by atoms with Crippen LogP contribution in [-0.2, 0) is 6.42 Å². The van der Waals surface area contributed by atoms with Crippen LogP contribution in [0.3, 0.4) is 0 Å². The molecule has 0 saturated carbocycles. The lowest BCUT2D eigenvalue weighted by atomic mass is 10.1. The molecule has 0 fully saturated rings. The first-order valence-electron chi connectivity index (χ1n) is 3.87. The van der Waals surface area contributed by atoms with Crippen LogP contribution in [-0.4, -0.2) is 12.1 Å². The number of nitrogens with zero attached hydrogens (tertiary/aromatic N) is 2. The number of hydrogen-bond acceptors (Lipinski definition) is 3. The standard InChI is InChI=1S/C9H8F2N2O/c1-14-8-5-13-7(9(10)11)4-6(8)2-3-12/h4-5,9H,2H2,1H3. The normalized spacial score (nSPS) is 9.93. The molecule has 14 heavy (non-hydrogen) atoms. The SMILES string of the molecule is COc1cnc(C(F)F)cc1CC#N. The minimum absolute atomic E-state index is 0.0331. The summed E-state index contributed by atoms with van der Waals surface area (Å²) in [5, 5.41) is 8.46. The highest BCUT2D eigenvalue weighted by molar-refractivity contribution is 5.34. The number of hydrogen-bond donors (Lipinski definition) is 0. The van der Waals surface area contributed by atoms with Crippen molar-refractivity contribution in [3.8, 4) is 11.8 Å². The van der Waals surface area contributed by atoms with E-state index >= 15 is 0 Å². The average molecular weight is 198 g/mol. The maximum Gasteiger partial charge on any atom is 0.280 e. The van der Waals surface area contributed by atoms with Gasteiger partial charge in [-0.25, -0.2) is 8.78 Å². The van der Waals surface area contributed by atoms with Gasteiger partial charge in [-0.2, -0.15) is 5.26 Å². The third-order valence-corrected chi connectivity index (χ3v) is 1.68. The Morgan fingerprint density at radius 2 is 2.36 bits per heavy atom. The summed E-state index contributed by atoms with van der Waals surface area (Å²) in [5.41, 5.74) is 0.0938. The summed E-state index contributed by atoms with van der Waals surface area (Å²) in [6.07, 6.45) is -1.39. The van der Waals surface area contributed by atoms with Crippen LogP contribution in [0.5, 0.6) is 5.75 Å². The first-order chi connectivity index (χ1) is 6.69. The van der Waals surface area contributed by atoms with Crippen molar-refractivity contribution in [3.63, 3.8) is 0 Å². The van der Waals surface area contributed by atoms with Gasteiger partial charge in [-0.1, -0.05) is 0 Å². The molecule has 3 nitrogen and oxygen atoms in total. The predicted octanol–water partition coefficient (Wildman–Crippen LogP) is 2.09. The summed E-state index contributed by atoms with van der Waals surface area (Å²) >= 11 is 0. The van der Waals surface area contributed by atoms with Crippen molar-refractivity contribution in [1.29, 1.82) is 5.26 Å². The van der Waals surface area contributed by atoms with E-state index in [4.69, 9.17) is 10.00 Å². The van der Waals surface area contributed by atoms with Crippen LogP contribution in [0, 0.1) is 11.3 Å². The van der Waals surface area contributed by atoms with Crippen molar-refractivity contribution in [2.45, 2.75) is 12.8 Å². The van der Waals surface area contributed by atoms with E-state index in [2.05, 4.69) is 4.98 Å². The zero-order valence-corrected chi connectivity index (χ0v) is 7.50. The second kappa shape index (κ2) is 4.51. The minimum Gasteiger partial charge on any atom is -0.495 e. The Morgan fingerprint density at radius 1 is 1.64 bits per heavy atom. The monoisotopic (exact) mass is 198 g/mol. The molecule has 0 spiro atoms. The van der Waals surface area contributed by atoms with Gasteiger partial charge in [-0.3, -0.25) is 4.98 Å². The smallest absolute Gasteiger partial charge is 0.280 e. The van der Waals surface area contributed by atoms with E-state index in [0.29, 0.717) is 11.3 Å². The van der Waals surface area contributed by atoms with Gasteiger partial charge in [0.05, 0.1) is 25.8 Å². The third kappa shape index (κ3) is 2.16. The molecular formula is C9H8F2N2O. The number of rotatable bonds is 3. The van der Waals surface area contributed by atoms with Crippen molar-refractivity contribution in [3.05, 3.63) is 23.5 Å². The Hall–Kier alpha value is -1.70. The molecule has 1 rings (SSSR count). The summed E-state index contributed by atoms with van der Waals surface area (Å²) in [6.45, 7) is 0. The lowest BCUT2D eigenvalue weighted by Gasteiger charge is -2.06. The highest BCUT2D eigenvalue weighted by Crippen LogP contribution is 2.23. The maximum absolute atomic E-state index is 12.2. The number of ether oxygens (including phenoxy) is 1. The first-order valence-corrected chi connectivity index (χ1v) is 3.87. The Bertz CT molecular complexity index is 360. The molecule has 1 aromatic heterocycles. The van der Waals surface area contributed by atoms with Crippen LogP contribution in [0.2, 0.25) is 0 Å². The predicted molar refractivity (Wildman–Crippen MR) is 45.1 cm³/mol. The molecule has 1 heterocycles. The van der Waals surface area contributed by atoms with Crippen molar-refractivity contribution in [2.75, 3.05) is 7.11 Å². The number of methoxy groups -OCH3 is 1. The lowest BCUT2D eigenvalue weighted by Crippen LogP contribution is -1.97. The van der Waals surface area contributed by atoms with Crippen LogP contribution in [0.25, 0.3) is 0 Å². The Kier molecular flexibility index (Phi) is 3.35. The zero-order chi connectivity index (χ0) is 10.6. The Balaban J connectivity index is 3.08. The van der Waals surface area contributed by atoms with Gasteiger partial charge in [0.15, 0.2) is 0 Å². The molecule has 0 atom stereocenters. The van der Waals surface area contributed by atoms with E-state index in [1.807, 2.05) is 6.07 Å². The van der Waals surface area contributed by atoms with Gasteiger partial charge in [0.1, 0.15) is 11.4 Å². The topological polar surface area (TPSA) is 45.9 Å². The molecule has 0 aromatic carbocycles. The van der Waals surface area contributed by atoms with E-state index in [0.717, 1.165) is 0 Å². The van der Waals surface area contributed by atoms with Crippen LogP contribution < -0.4 is 4.74 Å². The third-order valence-electron chi connectivity index (χ3n) is 1.68. The highest BCUT2D eigenvalue weighted by Gasteiger charge is 2.12. The van der Waals surface area contributed by atoms with Gasteiger partial charge in [0.25, 0.3) is 6.43 Å². The van der Waals surface area contributed by atoms with Gasteiger partial charge < -0.3 is 4.74 Å². The van der Waals surface area contributed by atoms with Crippen molar-refractivity contribution in [1.82, 2.24) is 4.98 Å². The molecule has 0 amide bonds. The number of nitriles is 1. The molecule has 0 bridgehead atoms. The van der Waals surface area contributed by atoms with Gasteiger partial charge in [-0.15, -0.1) is 0 Å². The summed E-state index contributed by atoms with van der Waals surface area (Å²) in [4.78, 5) is 3.51. The largest absolute Gasteiger partial charge is 0.495 e. The Morgan fingerprint density at radius 3 is 2.86 bits per heavy atom. The second-order valence-electron chi connectivity index (χ2n) is 2.56. The van der Waals surface area contributed by atoms with E-state index < -0.39 is 6.43 Å². The van der Waals surface area contributed by atoms with Crippen LogP contribution in [0.1, 0.15) is 17.7 Å². The van der Waals surface area contributed by atoms with Crippen molar-refractivity contribution in [2.24, 2.45) is 0 Å². The molecule has 0 radical (unpaired) electrons. The van der Waals surface area contributed by atoms with Crippen LogP contribution >= 0.6 is 0 Å². The number of aromatic nitrogens is 1. The summed E-state index contributed by atoms with van der Waals surface area (Å²) in [6, 6.07) is 3.06. The van der Waals surface area contributed by atoms with Crippen LogP contribution in [0.15, 0.2) is 12.3 Å². The number of alkyl halides is 2. The molecule has 74 valence electrons. The van der Waals surface area contributed by atoms with E-state index in [9.17, 15) is 8.78 Å². The summed E-state index contributed by atoms with van der Waals surface area (Å²) in [5.74, 6) is 0.357. The molecule has 0 aliphatic rings. The molecule has 0 saturated heterocycles. The fourth-order valence-electron chi connectivity index (χ4n) is 1.03. The zero-order valence-electron chi connectivity index (χ0n) is 7.50. The number of halogens is 2. The van der Waals surface area contributed by atoms with E-state index in [-0.39, 0.29) is 12.1 Å². The molecule has 1 aromatic rings. The number of pyridine rings is 1. The van der Waals surface area contributed by atoms with Gasteiger partial charge in [0.2, 0.25) is 0 Å². The summed E-state index contributed by atoms with van der Waals surface area (Å²) in [7, 11) is 1.40. The lowest BCUT2D eigenvalue weighted by molar-refractivity contribution is 0.146. The molecular weight excluding hydrogens is 190 g/mol. The van der Waals surface area contributed by atoms with Gasteiger partial charge in [0, 0.05) is 5.56 Å². The summed E-state index contributed by atoms with van der Waals surface area (Å²) < 4.78 is 29.3. The quantitative estimate of drug-likeness (QED) is 0.747. The van der Waals surface area contributed by atoms with Crippen molar-refractivity contribution < 1.29 is 13.5 Å². The van der Waals surface area contributed by atoms with Crippen molar-refractivity contribution >= 4 is 0 Å². The van der Waals surface area contributed by atoms with E-state index in [1.165, 1.54) is 19.4 Å². The minimum atomic E-state index is -2.63. The average Bonchev–Trinajstić information content (AvgIpc) is 2.18. The molecule has 0 aliphatic heterocycles. The van der Waals surface area contributed by atoms with Crippen LogP contribution in [0.4, 0.5) is 8.78 Å². The van der Waals surface area contributed by atoms with Gasteiger partial charge >= 0.3 is 0 Å². The molecule has 0 unspecified atom stereocenters. The molecule has 5 heteroatoms. The molecule has 0 aliphatic carbocycles. The fourth-order valence-corrected chi connectivity index (χ4v) is 1.03. The Labute approximate surface area is 79.9 Å². The highest BCUT2D eigenvalue weighted by atomic mass is 19.3. The van der Waals surface area contributed by atoms with E-state index in [1.54, 1.807) is 0 Å². The maximum atomic E-state index is 12.2.